The Labute approximate surface area is 145 Å². The Morgan fingerprint density at radius 1 is 1.22 bits per heavy atom. The highest BCUT2D eigenvalue weighted by molar-refractivity contribution is 7.09. The van der Waals surface area contributed by atoms with Crippen molar-refractivity contribution in [2.24, 2.45) is 0 Å². The molecule has 1 saturated heterocycles. The molecule has 1 aliphatic rings. The Kier molecular flexibility index (Phi) is 5.30. The summed E-state index contributed by atoms with van der Waals surface area (Å²) in [5, 5.41) is 3.99. The van der Waals surface area contributed by atoms with Gasteiger partial charge < -0.3 is 4.90 Å². The lowest BCUT2D eigenvalue weighted by Crippen LogP contribution is -2.48. The molecule has 0 unspecified atom stereocenters. The van der Waals surface area contributed by atoms with Crippen LogP contribution in [-0.2, 0) is 13.0 Å². The number of aryl methyl sites for hydroxylation is 1. The summed E-state index contributed by atoms with van der Waals surface area (Å²) in [6, 6.07) is 7.11. The molecule has 2 aromatic rings. The second-order valence-corrected chi connectivity index (χ2v) is 7.04. The molecule has 0 spiro atoms. The Bertz CT molecular complexity index is 663. The van der Waals surface area contributed by atoms with Crippen LogP contribution in [0, 0.1) is 0 Å². The Morgan fingerprint density at radius 2 is 1.91 bits per heavy atom. The van der Waals surface area contributed by atoms with Crippen molar-refractivity contribution in [3.63, 3.8) is 0 Å². The summed E-state index contributed by atoms with van der Waals surface area (Å²) >= 11 is 7.60. The second-order valence-electron chi connectivity index (χ2n) is 5.66. The maximum atomic E-state index is 12.5. The third-order valence-corrected chi connectivity index (χ3v) is 5.33. The summed E-state index contributed by atoms with van der Waals surface area (Å²) in [4.78, 5) is 21.4. The van der Waals surface area contributed by atoms with Crippen molar-refractivity contribution in [1.29, 1.82) is 0 Å². The van der Waals surface area contributed by atoms with Gasteiger partial charge in [-0.3, -0.25) is 9.69 Å². The summed E-state index contributed by atoms with van der Waals surface area (Å²) in [5.74, 6) is 0.0863. The first-order valence-electron chi connectivity index (χ1n) is 7.86. The van der Waals surface area contributed by atoms with Crippen molar-refractivity contribution >= 4 is 28.8 Å². The van der Waals surface area contributed by atoms with Crippen LogP contribution in [0.5, 0.6) is 0 Å². The third-order valence-electron chi connectivity index (χ3n) is 4.04. The van der Waals surface area contributed by atoms with Crippen LogP contribution in [0.15, 0.2) is 29.6 Å². The minimum Gasteiger partial charge on any atom is -0.336 e. The third kappa shape index (κ3) is 4.10. The molecule has 1 amide bonds. The largest absolute Gasteiger partial charge is 0.336 e. The molecule has 1 aliphatic heterocycles. The Balaban J connectivity index is 1.53. The van der Waals surface area contributed by atoms with Gasteiger partial charge in [0.25, 0.3) is 5.91 Å². The van der Waals surface area contributed by atoms with E-state index in [4.69, 9.17) is 11.6 Å². The lowest BCUT2D eigenvalue weighted by Gasteiger charge is -2.34. The average Bonchev–Trinajstić information content (AvgIpc) is 3.03. The maximum Gasteiger partial charge on any atom is 0.253 e. The number of nitrogens with zero attached hydrogens (tertiary/aromatic N) is 3. The summed E-state index contributed by atoms with van der Waals surface area (Å²) in [6.07, 6.45) is 0.994. The Hall–Kier alpha value is -1.43. The number of benzene rings is 1. The van der Waals surface area contributed by atoms with E-state index in [2.05, 4.69) is 22.2 Å². The van der Waals surface area contributed by atoms with E-state index >= 15 is 0 Å². The van der Waals surface area contributed by atoms with E-state index in [0.29, 0.717) is 10.6 Å². The Morgan fingerprint density at radius 3 is 2.52 bits per heavy atom. The van der Waals surface area contributed by atoms with Crippen molar-refractivity contribution in [3.8, 4) is 0 Å². The first-order chi connectivity index (χ1) is 11.2. The van der Waals surface area contributed by atoms with Crippen LogP contribution >= 0.6 is 22.9 Å². The molecule has 1 aromatic heterocycles. The summed E-state index contributed by atoms with van der Waals surface area (Å²) in [5.41, 5.74) is 1.85. The highest BCUT2D eigenvalue weighted by Gasteiger charge is 2.22. The van der Waals surface area contributed by atoms with Crippen LogP contribution in [0.1, 0.15) is 28.0 Å². The topological polar surface area (TPSA) is 36.4 Å². The van der Waals surface area contributed by atoms with E-state index in [-0.39, 0.29) is 5.91 Å². The molecule has 0 N–H and O–H groups in total. The minimum atomic E-state index is 0.0863. The summed E-state index contributed by atoms with van der Waals surface area (Å²) in [7, 11) is 0. The van der Waals surface area contributed by atoms with Gasteiger partial charge in [-0.2, -0.15) is 0 Å². The van der Waals surface area contributed by atoms with Crippen LogP contribution in [0.2, 0.25) is 5.02 Å². The van der Waals surface area contributed by atoms with Crippen molar-refractivity contribution < 1.29 is 4.79 Å². The second kappa shape index (κ2) is 7.43. The van der Waals surface area contributed by atoms with Gasteiger partial charge in [-0.25, -0.2) is 4.98 Å². The molecule has 23 heavy (non-hydrogen) atoms. The zero-order chi connectivity index (χ0) is 16.2. The van der Waals surface area contributed by atoms with Gasteiger partial charge in [0.1, 0.15) is 0 Å². The van der Waals surface area contributed by atoms with E-state index in [0.717, 1.165) is 44.8 Å². The SMILES string of the molecule is CCc1nc(CN2CCN(C(=O)c3ccc(Cl)cc3)CC2)cs1. The van der Waals surface area contributed by atoms with Gasteiger partial charge in [0.2, 0.25) is 0 Å². The van der Waals surface area contributed by atoms with E-state index in [9.17, 15) is 4.79 Å². The number of rotatable bonds is 4. The number of amides is 1. The van der Waals surface area contributed by atoms with Gasteiger partial charge in [0.15, 0.2) is 0 Å². The number of halogens is 1. The number of thiazole rings is 1. The van der Waals surface area contributed by atoms with Crippen molar-refractivity contribution in [3.05, 3.63) is 50.9 Å². The number of carbonyl (C=O) groups is 1. The van der Waals surface area contributed by atoms with E-state index in [1.807, 2.05) is 4.90 Å². The molecule has 122 valence electrons. The molecule has 3 rings (SSSR count). The molecule has 0 bridgehead atoms. The number of carbonyl (C=O) groups excluding carboxylic acids is 1. The van der Waals surface area contributed by atoms with Crippen molar-refractivity contribution in [2.45, 2.75) is 19.9 Å². The first kappa shape index (κ1) is 16.4. The highest BCUT2D eigenvalue weighted by Crippen LogP contribution is 2.16. The van der Waals surface area contributed by atoms with Gasteiger partial charge in [-0.15, -0.1) is 11.3 Å². The normalized spacial score (nSPS) is 15.8. The molecule has 0 atom stereocenters. The smallest absolute Gasteiger partial charge is 0.253 e. The standard InChI is InChI=1S/C17H20ClN3OS/c1-2-16-19-15(12-23-16)11-20-7-9-21(10-8-20)17(22)13-3-5-14(18)6-4-13/h3-6,12H,2,7-11H2,1H3. The maximum absolute atomic E-state index is 12.5. The molecule has 0 saturated carbocycles. The van der Waals surface area contributed by atoms with Gasteiger partial charge in [-0.05, 0) is 30.7 Å². The van der Waals surface area contributed by atoms with Gasteiger partial charge in [-0.1, -0.05) is 18.5 Å². The predicted octanol–water partition coefficient (Wildman–Crippen LogP) is 3.32. The molecular formula is C17H20ClN3OS. The molecule has 0 radical (unpaired) electrons. The molecule has 6 heteroatoms. The zero-order valence-electron chi connectivity index (χ0n) is 13.2. The highest BCUT2D eigenvalue weighted by atomic mass is 35.5. The lowest BCUT2D eigenvalue weighted by atomic mass is 10.2. The monoisotopic (exact) mass is 349 g/mol. The molecular weight excluding hydrogens is 330 g/mol. The number of piperazine rings is 1. The molecule has 2 heterocycles. The number of hydrogen-bond donors (Lipinski definition) is 0. The lowest BCUT2D eigenvalue weighted by molar-refractivity contribution is 0.0627. The summed E-state index contributed by atoms with van der Waals surface area (Å²) in [6.45, 7) is 6.29. The fraction of sp³-hybridized carbons (Fsp3) is 0.412. The average molecular weight is 350 g/mol. The molecule has 0 aliphatic carbocycles. The number of aromatic nitrogens is 1. The summed E-state index contributed by atoms with van der Waals surface area (Å²) < 4.78 is 0. The molecule has 1 aromatic carbocycles. The van der Waals surface area contributed by atoms with Gasteiger partial charge in [0, 0.05) is 48.7 Å². The zero-order valence-corrected chi connectivity index (χ0v) is 14.7. The van der Waals surface area contributed by atoms with Crippen LogP contribution in [0.4, 0.5) is 0 Å². The van der Waals surface area contributed by atoms with E-state index in [1.54, 1.807) is 35.6 Å². The minimum absolute atomic E-state index is 0.0863. The van der Waals surface area contributed by atoms with Crippen LogP contribution in [0.3, 0.4) is 0 Å². The quantitative estimate of drug-likeness (QED) is 0.849. The fourth-order valence-electron chi connectivity index (χ4n) is 2.70. The van der Waals surface area contributed by atoms with Crippen molar-refractivity contribution in [1.82, 2.24) is 14.8 Å². The van der Waals surface area contributed by atoms with Gasteiger partial charge in [0.05, 0.1) is 10.7 Å². The van der Waals surface area contributed by atoms with Crippen LogP contribution in [-0.4, -0.2) is 46.9 Å². The van der Waals surface area contributed by atoms with E-state index < -0.39 is 0 Å². The van der Waals surface area contributed by atoms with Crippen molar-refractivity contribution in [2.75, 3.05) is 26.2 Å². The van der Waals surface area contributed by atoms with Crippen LogP contribution in [0.25, 0.3) is 0 Å². The molecule has 1 fully saturated rings. The predicted molar refractivity (Wildman–Crippen MR) is 94.1 cm³/mol. The number of hydrogen-bond acceptors (Lipinski definition) is 4. The van der Waals surface area contributed by atoms with E-state index in [1.165, 1.54) is 5.01 Å². The van der Waals surface area contributed by atoms with Crippen LogP contribution < -0.4 is 0 Å². The molecule has 4 nitrogen and oxygen atoms in total. The first-order valence-corrected chi connectivity index (χ1v) is 9.12. The fourth-order valence-corrected chi connectivity index (χ4v) is 3.56. The van der Waals surface area contributed by atoms with Gasteiger partial charge >= 0.3 is 0 Å².